The number of carbonyl (C=O) groups excluding carboxylic acids is 2. The van der Waals surface area contributed by atoms with Crippen LogP contribution >= 0.6 is 0 Å². The van der Waals surface area contributed by atoms with E-state index in [0.29, 0.717) is 35.0 Å². The highest BCUT2D eigenvalue weighted by molar-refractivity contribution is 5.99. The first kappa shape index (κ1) is 29.2. The third-order valence-corrected chi connectivity index (χ3v) is 8.67. The monoisotopic (exact) mass is 598 g/mol. The fraction of sp³-hybridized carbons (Fsp3) is 0.294. The molecule has 226 valence electrons. The third kappa shape index (κ3) is 5.04. The molecule has 1 fully saturated rings. The summed E-state index contributed by atoms with van der Waals surface area (Å²) in [5, 5.41) is 0. The van der Waals surface area contributed by atoms with Gasteiger partial charge in [-0.1, -0.05) is 30.3 Å². The van der Waals surface area contributed by atoms with Crippen molar-refractivity contribution >= 4 is 11.8 Å². The molecule has 44 heavy (non-hydrogen) atoms. The summed E-state index contributed by atoms with van der Waals surface area (Å²) < 4.78 is 40.6. The van der Waals surface area contributed by atoms with E-state index in [0.717, 1.165) is 35.2 Å². The Kier molecular flexibility index (Phi) is 7.53. The smallest absolute Gasteiger partial charge is 0.258 e. The van der Waals surface area contributed by atoms with Crippen molar-refractivity contribution in [3.05, 3.63) is 106 Å². The normalized spacial score (nSPS) is 17.8. The lowest BCUT2D eigenvalue weighted by Crippen LogP contribution is -2.33. The molecule has 0 N–H and O–H groups in total. The molecule has 0 saturated carbocycles. The average molecular weight is 599 g/mol. The molecule has 1 atom stereocenters. The third-order valence-electron chi connectivity index (χ3n) is 8.67. The van der Waals surface area contributed by atoms with Gasteiger partial charge in [0.05, 0.1) is 55.2 Å². The number of ether oxygens (including phenoxy) is 2. The van der Waals surface area contributed by atoms with E-state index >= 15 is 0 Å². The Labute approximate surface area is 254 Å². The van der Waals surface area contributed by atoms with Crippen molar-refractivity contribution < 1.29 is 27.8 Å². The van der Waals surface area contributed by atoms with Gasteiger partial charge in [0.15, 0.2) is 5.82 Å². The highest BCUT2D eigenvalue weighted by Crippen LogP contribution is 2.36. The standard InChI is InChI=1S/C34H32F2N4O4/c1-34(14-15-39(2)33(34)42)22-11-8-20(9-12-22)16-26-30-27(38-31(37-26)29-24(35)6-5-7-25(29)36)19-40(32(30)41)18-21-10-13-23(43-3)17-28(21)44-4/h5-13,17H,14-16,18-19H2,1-4H3. The van der Waals surface area contributed by atoms with E-state index in [-0.39, 0.29) is 42.7 Å². The molecule has 0 spiro atoms. The van der Waals surface area contributed by atoms with Crippen LogP contribution in [0, 0.1) is 11.6 Å². The van der Waals surface area contributed by atoms with Crippen LogP contribution in [-0.4, -0.2) is 59.4 Å². The van der Waals surface area contributed by atoms with E-state index in [1.807, 2.05) is 37.3 Å². The quantitative estimate of drug-likeness (QED) is 0.274. The van der Waals surface area contributed by atoms with E-state index in [1.54, 1.807) is 43.2 Å². The zero-order valence-electron chi connectivity index (χ0n) is 25.0. The van der Waals surface area contributed by atoms with Crippen molar-refractivity contribution in [2.75, 3.05) is 27.8 Å². The molecule has 2 amide bonds. The Morgan fingerprint density at radius 3 is 2.30 bits per heavy atom. The van der Waals surface area contributed by atoms with Crippen LogP contribution in [0.4, 0.5) is 8.78 Å². The Balaban J connectivity index is 1.37. The summed E-state index contributed by atoms with van der Waals surface area (Å²) in [7, 11) is 4.91. The van der Waals surface area contributed by atoms with Crippen molar-refractivity contribution in [2.45, 2.75) is 38.3 Å². The van der Waals surface area contributed by atoms with Crippen LogP contribution in [0.3, 0.4) is 0 Å². The Hall–Kier alpha value is -4.86. The zero-order valence-corrected chi connectivity index (χ0v) is 25.0. The molecular formula is C34H32F2N4O4. The van der Waals surface area contributed by atoms with E-state index in [4.69, 9.17) is 9.47 Å². The fourth-order valence-corrected chi connectivity index (χ4v) is 6.07. The summed E-state index contributed by atoms with van der Waals surface area (Å²) in [5.74, 6) is -0.709. The molecule has 10 heteroatoms. The first-order valence-corrected chi connectivity index (χ1v) is 14.3. The average Bonchev–Trinajstić information content (AvgIpc) is 3.48. The number of fused-ring (bicyclic) bond motifs is 1. The highest BCUT2D eigenvalue weighted by atomic mass is 19.1. The molecule has 0 aliphatic carbocycles. The largest absolute Gasteiger partial charge is 0.497 e. The summed E-state index contributed by atoms with van der Waals surface area (Å²) in [6, 6.07) is 16.6. The molecule has 3 heterocycles. The first-order chi connectivity index (χ1) is 21.1. The van der Waals surface area contributed by atoms with Gasteiger partial charge in [0, 0.05) is 31.6 Å². The molecule has 1 aromatic heterocycles. The van der Waals surface area contributed by atoms with Crippen LogP contribution in [0.1, 0.15) is 51.8 Å². The molecule has 1 saturated heterocycles. The van der Waals surface area contributed by atoms with Crippen molar-refractivity contribution in [3.8, 4) is 22.9 Å². The lowest BCUT2D eigenvalue weighted by molar-refractivity contribution is -0.130. The predicted molar refractivity (Wildman–Crippen MR) is 159 cm³/mol. The first-order valence-electron chi connectivity index (χ1n) is 14.3. The fourth-order valence-electron chi connectivity index (χ4n) is 6.07. The van der Waals surface area contributed by atoms with Crippen molar-refractivity contribution in [3.63, 3.8) is 0 Å². The number of hydrogen-bond donors (Lipinski definition) is 0. The number of hydrogen-bond acceptors (Lipinski definition) is 6. The number of methoxy groups -OCH3 is 2. The topological polar surface area (TPSA) is 84.9 Å². The second-order valence-electron chi connectivity index (χ2n) is 11.4. The number of amides is 2. The van der Waals surface area contributed by atoms with E-state index in [1.165, 1.54) is 6.07 Å². The van der Waals surface area contributed by atoms with Gasteiger partial charge < -0.3 is 19.3 Å². The van der Waals surface area contributed by atoms with E-state index in [2.05, 4.69) is 9.97 Å². The Morgan fingerprint density at radius 1 is 0.932 bits per heavy atom. The Morgan fingerprint density at radius 2 is 1.66 bits per heavy atom. The van der Waals surface area contributed by atoms with Gasteiger partial charge in [-0.05, 0) is 48.7 Å². The zero-order chi connectivity index (χ0) is 31.2. The number of nitrogens with zero attached hydrogens (tertiary/aromatic N) is 4. The molecule has 0 radical (unpaired) electrons. The number of carbonyl (C=O) groups is 2. The van der Waals surface area contributed by atoms with E-state index in [9.17, 15) is 18.4 Å². The van der Waals surface area contributed by atoms with Crippen molar-refractivity contribution in [1.82, 2.24) is 19.8 Å². The number of rotatable bonds is 8. The molecule has 3 aromatic carbocycles. The molecule has 8 nitrogen and oxygen atoms in total. The molecular weight excluding hydrogens is 566 g/mol. The molecule has 2 aliphatic heterocycles. The highest BCUT2D eigenvalue weighted by Gasteiger charge is 2.42. The summed E-state index contributed by atoms with van der Waals surface area (Å²) in [5.41, 5.74) is 2.66. The maximum atomic E-state index is 14.9. The van der Waals surface area contributed by atoms with Gasteiger partial charge in [0.2, 0.25) is 5.91 Å². The summed E-state index contributed by atoms with van der Waals surface area (Å²) in [6.07, 6.45) is 0.951. The minimum Gasteiger partial charge on any atom is -0.497 e. The maximum absolute atomic E-state index is 14.9. The predicted octanol–water partition coefficient (Wildman–Crippen LogP) is 5.31. The maximum Gasteiger partial charge on any atom is 0.258 e. The van der Waals surface area contributed by atoms with Gasteiger partial charge >= 0.3 is 0 Å². The van der Waals surface area contributed by atoms with Crippen molar-refractivity contribution in [1.29, 1.82) is 0 Å². The Bertz CT molecular complexity index is 1760. The van der Waals surface area contributed by atoms with Crippen LogP contribution in [0.15, 0.2) is 60.7 Å². The van der Waals surface area contributed by atoms with Gasteiger partial charge in [-0.3, -0.25) is 9.59 Å². The molecule has 1 unspecified atom stereocenters. The van der Waals surface area contributed by atoms with Gasteiger partial charge in [0.25, 0.3) is 5.91 Å². The number of likely N-dealkylation sites (tertiary alicyclic amines) is 1. The van der Waals surface area contributed by atoms with Crippen LogP contribution in [-0.2, 0) is 29.7 Å². The van der Waals surface area contributed by atoms with Gasteiger partial charge in [0.1, 0.15) is 23.1 Å². The molecule has 6 rings (SSSR count). The number of aromatic nitrogens is 2. The second kappa shape index (κ2) is 11.3. The number of halogens is 2. The van der Waals surface area contributed by atoms with Crippen molar-refractivity contribution in [2.24, 2.45) is 0 Å². The second-order valence-corrected chi connectivity index (χ2v) is 11.4. The minimum absolute atomic E-state index is 0.0783. The van der Waals surface area contributed by atoms with Crippen LogP contribution in [0.2, 0.25) is 0 Å². The van der Waals surface area contributed by atoms with Crippen LogP contribution in [0.5, 0.6) is 11.5 Å². The lowest BCUT2D eigenvalue weighted by Gasteiger charge is -2.22. The molecule has 4 aromatic rings. The number of likely N-dealkylation sites (N-methyl/N-ethyl adjacent to an activating group) is 1. The molecule has 2 aliphatic rings. The lowest BCUT2D eigenvalue weighted by atomic mass is 9.80. The summed E-state index contributed by atoms with van der Waals surface area (Å²) >= 11 is 0. The van der Waals surface area contributed by atoms with Crippen LogP contribution in [0.25, 0.3) is 11.4 Å². The minimum atomic E-state index is -0.788. The van der Waals surface area contributed by atoms with Gasteiger partial charge in [-0.15, -0.1) is 0 Å². The SMILES string of the molecule is COc1ccc(CN2Cc3nc(-c4c(F)cccc4F)nc(Cc4ccc(C5(C)CCN(C)C5=O)cc4)c3C2=O)c(OC)c1. The summed E-state index contributed by atoms with van der Waals surface area (Å²) in [6.45, 7) is 3.00. The molecule has 0 bridgehead atoms. The summed E-state index contributed by atoms with van der Waals surface area (Å²) in [4.78, 5) is 39.1. The van der Waals surface area contributed by atoms with Gasteiger partial charge in [-0.25, -0.2) is 18.7 Å². The number of benzene rings is 3. The van der Waals surface area contributed by atoms with Crippen LogP contribution < -0.4 is 9.47 Å². The van der Waals surface area contributed by atoms with Gasteiger partial charge in [-0.2, -0.15) is 0 Å². The van der Waals surface area contributed by atoms with E-state index < -0.39 is 17.0 Å².